The first-order chi connectivity index (χ1) is 8.33. The van der Waals surface area contributed by atoms with Crippen LogP contribution in [0.25, 0.3) is 10.8 Å². The van der Waals surface area contributed by atoms with E-state index in [9.17, 15) is 0 Å². The van der Waals surface area contributed by atoms with E-state index in [4.69, 9.17) is 9.47 Å². The van der Waals surface area contributed by atoms with Crippen LogP contribution < -0.4 is 15.6 Å². The monoisotopic (exact) mass is 245 g/mol. The predicted octanol–water partition coefficient (Wildman–Crippen LogP) is 3.90. The van der Waals surface area contributed by atoms with Crippen LogP contribution in [-0.2, 0) is 0 Å². The molecule has 3 heteroatoms. The zero-order valence-electron chi connectivity index (χ0n) is 10.9. The van der Waals surface area contributed by atoms with Gasteiger partial charge in [-0.1, -0.05) is 12.1 Å². The minimum Gasteiger partial charge on any atom is -0.497 e. The van der Waals surface area contributed by atoms with E-state index in [1.807, 2.05) is 6.07 Å². The van der Waals surface area contributed by atoms with E-state index in [1.54, 1.807) is 14.2 Å². The average Bonchev–Trinajstić information content (AvgIpc) is 3.20. The highest BCUT2D eigenvalue weighted by Gasteiger charge is 2.28. The molecule has 0 atom stereocenters. The number of fused-ring (bicyclic) bond motifs is 1. The Morgan fingerprint density at radius 2 is 1.72 bits per heavy atom. The molecule has 0 unspecified atom stereocenters. The number of hydrogen-bond acceptors (Lipinski definition) is 3. The molecule has 0 aliphatic heterocycles. The fraction of sp³-hybridized carbons (Fsp3) is 0.333. The SMILES string of the molecule is COc1ccc2ccc(OC)c(C3CC3)c2c1.N. The Bertz CT molecular complexity index is 556. The van der Waals surface area contributed by atoms with Crippen LogP contribution in [0.5, 0.6) is 11.5 Å². The minimum absolute atomic E-state index is 0. The standard InChI is InChI=1S/C15H16O2.H3N/c1-16-12-7-5-10-6-8-14(17-2)15(11-3-4-11)13(10)9-12;/h5-9,11H,3-4H2,1-2H3;1H3. The van der Waals surface area contributed by atoms with Crippen molar-refractivity contribution in [3.63, 3.8) is 0 Å². The molecule has 0 spiro atoms. The summed E-state index contributed by atoms with van der Waals surface area (Å²) >= 11 is 0. The van der Waals surface area contributed by atoms with Gasteiger partial charge < -0.3 is 15.6 Å². The maximum absolute atomic E-state index is 5.49. The Hall–Kier alpha value is -1.74. The first-order valence-electron chi connectivity index (χ1n) is 5.98. The van der Waals surface area contributed by atoms with Gasteiger partial charge in [0.1, 0.15) is 11.5 Å². The van der Waals surface area contributed by atoms with Crippen LogP contribution in [0.4, 0.5) is 0 Å². The summed E-state index contributed by atoms with van der Waals surface area (Å²) in [5.74, 6) is 2.58. The van der Waals surface area contributed by atoms with Crippen molar-refractivity contribution in [2.24, 2.45) is 0 Å². The molecule has 3 nitrogen and oxygen atoms in total. The van der Waals surface area contributed by atoms with Crippen molar-refractivity contribution in [2.75, 3.05) is 14.2 Å². The molecule has 1 fully saturated rings. The number of benzene rings is 2. The largest absolute Gasteiger partial charge is 0.497 e. The van der Waals surface area contributed by atoms with Gasteiger partial charge in [-0.15, -0.1) is 0 Å². The van der Waals surface area contributed by atoms with Crippen molar-refractivity contribution < 1.29 is 9.47 Å². The summed E-state index contributed by atoms with van der Waals surface area (Å²) in [5, 5.41) is 2.53. The van der Waals surface area contributed by atoms with Crippen LogP contribution in [0.3, 0.4) is 0 Å². The van der Waals surface area contributed by atoms with Crippen LogP contribution in [-0.4, -0.2) is 14.2 Å². The van der Waals surface area contributed by atoms with E-state index < -0.39 is 0 Å². The molecule has 0 heterocycles. The van der Waals surface area contributed by atoms with Crippen molar-refractivity contribution in [3.8, 4) is 11.5 Å². The minimum atomic E-state index is 0. The molecule has 2 aromatic rings. The van der Waals surface area contributed by atoms with Crippen LogP contribution in [0, 0.1) is 0 Å². The Morgan fingerprint density at radius 1 is 1.00 bits per heavy atom. The van der Waals surface area contributed by atoms with Gasteiger partial charge in [-0.2, -0.15) is 0 Å². The van der Waals surface area contributed by atoms with E-state index in [2.05, 4.69) is 24.3 Å². The Morgan fingerprint density at radius 3 is 2.33 bits per heavy atom. The summed E-state index contributed by atoms with van der Waals surface area (Å²) in [5.41, 5.74) is 1.35. The molecule has 3 N–H and O–H groups in total. The van der Waals surface area contributed by atoms with Crippen LogP contribution in [0.1, 0.15) is 24.3 Å². The fourth-order valence-corrected chi connectivity index (χ4v) is 2.40. The molecule has 0 aromatic heterocycles. The van der Waals surface area contributed by atoms with Crippen molar-refractivity contribution in [1.82, 2.24) is 6.15 Å². The molecule has 0 amide bonds. The van der Waals surface area contributed by atoms with Crippen LogP contribution >= 0.6 is 0 Å². The lowest BCUT2D eigenvalue weighted by molar-refractivity contribution is 0.410. The second kappa shape index (κ2) is 4.86. The van der Waals surface area contributed by atoms with Gasteiger partial charge in [-0.3, -0.25) is 0 Å². The van der Waals surface area contributed by atoms with Gasteiger partial charge in [-0.25, -0.2) is 0 Å². The van der Waals surface area contributed by atoms with Crippen molar-refractivity contribution in [3.05, 3.63) is 35.9 Å². The van der Waals surface area contributed by atoms with Crippen molar-refractivity contribution >= 4 is 10.8 Å². The second-order valence-electron chi connectivity index (χ2n) is 4.54. The molecule has 2 aromatic carbocycles. The molecule has 96 valence electrons. The highest BCUT2D eigenvalue weighted by molar-refractivity contribution is 5.90. The summed E-state index contributed by atoms with van der Waals surface area (Å²) in [6, 6.07) is 10.4. The van der Waals surface area contributed by atoms with Gasteiger partial charge in [0.05, 0.1) is 14.2 Å². The van der Waals surface area contributed by atoms with E-state index in [0.29, 0.717) is 5.92 Å². The maximum atomic E-state index is 5.49. The lowest BCUT2D eigenvalue weighted by Crippen LogP contribution is -1.92. The van der Waals surface area contributed by atoms with Gasteiger partial charge in [0, 0.05) is 5.56 Å². The fourth-order valence-electron chi connectivity index (χ4n) is 2.40. The van der Waals surface area contributed by atoms with Crippen molar-refractivity contribution in [1.29, 1.82) is 0 Å². The molecular weight excluding hydrogens is 226 g/mol. The van der Waals surface area contributed by atoms with Crippen LogP contribution in [0.2, 0.25) is 0 Å². The molecule has 18 heavy (non-hydrogen) atoms. The lowest BCUT2D eigenvalue weighted by Gasteiger charge is -2.12. The molecule has 3 rings (SSSR count). The van der Waals surface area contributed by atoms with Gasteiger partial charge in [0.15, 0.2) is 0 Å². The summed E-state index contributed by atoms with van der Waals surface area (Å²) < 4.78 is 10.8. The van der Waals surface area contributed by atoms with E-state index in [0.717, 1.165) is 11.5 Å². The average molecular weight is 245 g/mol. The first kappa shape index (κ1) is 12.7. The topological polar surface area (TPSA) is 53.5 Å². The third-order valence-corrected chi connectivity index (χ3v) is 3.44. The molecule has 1 aliphatic carbocycles. The van der Waals surface area contributed by atoms with E-state index in [-0.39, 0.29) is 6.15 Å². The molecule has 0 radical (unpaired) electrons. The predicted molar refractivity (Wildman–Crippen MR) is 74.0 cm³/mol. The number of rotatable bonds is 3. The van der Waals surface area contributed by atoms with Gasteiger partial charge in [0.25, 0.3) is 0 Å². The highest BCUT2D eigenvalue weighted by Crippen LogP contribution is 2.47. The van der Waals surface area contributed by atoms with Crippen molar-refractivity contribution in [2.45, 2.75) is 18.8 Å². The molecule has 0 bridgehead atoms. The summed E-state index contributed by atoms with van der Waals surface area (Å²) in [7, 11) is 3.45. The maximum Gasteiger partial charge on any atom is 0.122 e. The highest BCUT2D eigenvalue weighted by atomic mass is 16.5. The molecular formula is C15H19NO2. The molecule has 0 saturated heterocycles. The number of ether oxygens (including phenoxy) is 2. The second-order valence-corrected chi connectivity index (χ2v) is 4.54. The zero-order chi connectivity index (χ0) is 11.8. The number of methoxy groups -OCH3 is 2. The van der Waals surface area contributed by atoms with Crippen LogP contribution in [0.15, 0.2) is 30.3 Å². The Balaban J connectivity index is 0.00000120. The van der Waals surface area contributed by atoms with Gasteiger partial charge in [0.2, 0.25) is 0 Å². The van der Waals surface area contributed by atoms with Gasteiger partial charge >= 0.3 is 0 Å². The summed E-state index contributed by atoms with van der Waals surface area (Å²) in [6.45, 7) is 0. The zero-order valence-corrected chi connectivity index (χ0v) is 10.9. The Kier molecular flexibility index (Phi) is 3.43. The quantitative estimate of drug-likeness (QED) is 0.892. The molecule has 1 aliphatic rings. The molecule has 1 saturated carbocycles. The normalized spacial score (nSPS) is 14.1. The summed E-state index contributed by atoms with van der Waals surface area (Å²) in [6.07, 6.45) is 2.54. The van der Waals surface area contributed by atoms with E-state index >= 15 is 0 Å². The van der Waals surface area contributed by atoms with E-state index in [1.165, 1.54) is 29.2 Å². The van der Waals surface area contributed by atoms with Gasteiger partial charge in [-0.05, 0) is 47.7 Å². The number of hydrogen-bond donors (Lipinski definition) is 1. The third-order valence-electron chi connectivity index (χ3n) is 3.44. The smallest absolute Gasteiger partial charge is 0.122 e. The Labute approximate surface area is 107 Å². The summed E-state index contributed by atoms with van der Waals surface area (Å²) in [4.78, 5) is 0. The third kappa shape index (κ3) is 2.02. The lowest BCUT2D eigenvalue weighted by atomic mass is 9.99. The first-order valence-corrected chi connectivity index (χ1v) is 5.98.